The third kappa shape index (κ3) is 3.94. The standard InChI is InChI=1S/C24H20FN3O/c1-16-10-12-18(13-11-16)26-24(29)23-15-22(20-8-3-4-9-21(20)25)27-28(23)19-7-5-6-17(2)14-19/h3-15H,1-2H3,(H,26,29). The van der Waals surface area contributed by atoms with Crippen molar-refractivity contribution >= 4 is 11.6 Å². The average Bonchev–Trinajstić information content (AvgIpc) is 3.15. The molecule has 0 saturated heterocycles. The Hall–Kier alpha value is -3.73. The van der Waals surface area contributed by atoms with Crippen LogP contribution in [-0.2, 0) is 0 Å². The molecule has 0 radical (unpaired) electrons. The van der Waals surface area contributed by atoms with Gasteiger partial charge in [-0.25, -0.2) is 9.07 Å². The summed E-state index contributed by atoms with van der Waals surface area (Å²) in [7, 11) is 0. The van der Waals surface area contributed by atoms with Crippen molar-refractivity contribution in [2.24, 2.45) is 0 Å². The first-order chi connectivity index (χ1) is 14.0. The van der Waals surface area contributed by atoms with Gasteiger partial charge in [0.1, 0.15) is 11.5 Å². The topological polar surface area (TPSA) is 46.9 Å². The highest BCUT2D eigenvalue weighted by Crippen LogP contribution is 2.25. The molecule has 29 heavy (non-hydrogen) atoms. The average molecular weight is 385 g/mol. The molecule has 5 heteroatoms. The fraction of sp³-hybridized carbons (Fsp3) is 0.0833. The van der Waals surface area contributed by atoms with E-state index in [1.807, 2.05) is 62.4 Å². The van der Waals surface area contributed by atoms with E-state index in [1.165, 1.54) is 6.07 Å². The maximum Gasteiger partial charge on any atom is 0.274 e. The number of nitrogens with one attached hydrogen (secondary N) is 1. The molecule has 4 aromatic rings. The van der Waals surface area contributed by atoms with E-state index in [-0.39, 0.29) is 11.7 Å². The van der Waals surface area contributed by atoms with Crippen LogP contribution < -0.4 is 5.32 Å². The SMILES string of the molecule is Cc1ccc(NC(=O)c2cc(-c3ccccc3F)nn2-c2cccc(C)c2)cc1. The molecule has 0 fully saturated rings. The summed E-state index contributed by atoms with van der Waals surface area (Å²) in [6, 6.07) is 23.2. The molecule has 0 aliphatic carbocycles. The van der Waals surface area contributed by atoms with Gasteiger partial charge in [-0.1, -0.05) is 42.0 Å². The molecule has 0 atom stereocenters. The second kappa shape index (κ2) is 7.72. The van der Waals surface area contributed by atoms with Crippen LogP contribution in [0.15, 0.2) is 78.9 Å². The highest BCUT2D eigenvalue weighted by atomic mass is 19.1. The van der Waals surface area contributed by atoms with Crippen LogP contribution in [-0.4, -0.2) is 15.7 Å². The Balaban J connectivity index is 1.79. The van der Waals surface area contributed by atoms with Crippen molar-refractivity contribution in [3.05, 3.63) is 102 Å². The lowest BCUT2D eigenvalue weighted by Gasteiger charge is -2.09. The molecular weight excluding hydrogens is 365 g/mol. The Labute approximate surface area is 168 Å². The number of aromatic nitrogens is 2. The second-order valence-electron chi connectivity index (χ2n) is 6.97. The molecule has 1 heterocycles. The fourth-order valence-corrected chi connectivity index (χ4v) is 3.13. The Bertz CT molecular complexity index is 1180. The molecule has 0 aliphatic rings. The van der Waals surface area contributed by atoms with E-state index in [9.17, 15) is 9.18 Å². The van der Waals surface area contributed by atoms with E-state index >= 15 is 0 Å². The van der Waals surface area contributed by atoms with Crippen molar-refractivity contribution in [1.29, 1.82) is 0 Å². The number of carbonyl (C=O) groups is 1. The molecule has 1 amide bonds. The van der Waals surface area contributed by atoms with E-state index < -0.39 is 0 Å². The van der Waals surface area contributed by atoms with Gasteiger partial charge in [0.2, 0.25) is 0 Å². The summed E-state index contributed by atoms with van der Waals surface area (Å²) in [4.78, 5) is 13.0. The van der Waals surface area contributed by atoms with Crippen molar-refractivity contribution in [3.63, 3.8) is 0 Å². The smallest absolute Gasteiger partial charge is 0.274 e. The number of halogens is 1. The monoisotopic (exact) mass is 385 g/mol. The molecule has 1 N–H and O–H groups in total. The van der Waals surface area contributed by atoms with Crippen molar-refractivity contribution in [3.8, 4) is 16.9 Å². The highest BCUT2D eigenvalue weighted by molar-refractivity contribution is 6.04. The van der Waals surface area contributed by atoms with Gasteiger partial charge in [-0.2, -0.15) is 5.10 Å². The predicted molar refractivity (Wildman–Crippen MR) is 113 cm³/mol. The van der Waals surface area contributed by atoms with Crippen LogP contribution in [0.5, 0.6) is 0 Å². The molecule has 1 aromatic heterocycles. The third-order valence-corrected chi connectivity index (χ3v) is 4.65. The normalized spacial score (nSPS) is 10.7. The minimum Gasteiger partial charge on any atom is -0.321 e. The van der Waals surface area contributed by atoms with Gasteiger partial charge >= 0.3 is 0 Å². The largest absolute Gasteiger partial charge is 0.321 e. The van der Waals surface area contributed by atoms with Crippen LogP contribution in [0.25, 0.3) is 16.9 Å². The van der Waals surface area contributed by atoms with Crippen molar-refractivity contribution in [2.75, 3.05) is 5.32 Å². The lowest BCUT2D eigenvalue weighted by molar-refractivity contribution is 0.101. The quantitative estimate of drug-likeness (QED) is 0.501. The number of aryl methyl sites for hydroxylation is 2. The fourth-order valence-electron chi connectivity index (χ4n) is 3.13. The van der Waals surface area contributed by atoms with E-state index in [2.05, 4.69) is 10.4 Å². The van der Waals surface area contributed by atoms with Crippen molar-refractivity contribution in [1.82, 2.24) is 9.78 Å². The zero-order valence-corrected chi connectivity index (χ0v) is 16.2. The Morgan fingerprint density at radius 3 is 2.38 bits per heavy atom. The molecule has 3 aromatic carbocycles. The first-order valence-electron chi connectivity index (χ1n) is 9.31. The Morgan fingerprint density at radius 2 is 1.66 bits per heavy atom. The molecule has 0 saturated carbocycles. The maximum atomic E-state index is 14.3. The summed E-state index contributed by atoms with van der Waals surface area (Å²) in [5, 5.41) is 7.44. The Morgan fingerprint density at radius 1 is 0.897 bits per heavy atom. The van der Waals surface area contributed by atoms with E-state index in [0.29, 0.717) is 22.6 Å². The number of amides is 1. The third-order valence-electron chi connectivity index (χ3n) is 4.65. The lowest BCUT2D eigenvalue weighted by Crippen LogP contribution is -2.17. The molecule has 144 valence electrons. The first kappa shape index (κ1) is 18.6. The van der Waals surface area contributed by atoms with Gasteiger partial charge in [-0.05, 0) is 61.9 Å². The van der Waals surface area contributed by atoms with Gasteiger partial charge in [0, 0.05) is 11.3 Å². The summed E-state index contributed by atoms with van der Waals surface area (Å²) in [5.41, 5.74) is 4.65. The van der Waals surface area contributed by atoms with Gasteiger partial charge in [0.25, 0.3) is 5.91 Å². The number of benzene rings is 3. The second-order valence-corrected chi connectivity index (χ2v) is 6.97. The highest BCUT2D eigenvalue weighted by Gasteiger charge is 2.19. The summed E-state index contributed by atoms with van der Waals surface area (Å²) in [6.45, 7) is 3.95. The van der Waals surface area contributed by atoms with Gasteiger partial charge in [-0.3, -0.25) is 4.79 Å². The lowest BCUT2D eigenvalue weighted by atomic mass is 10.1. The molecule has 0 unspecified atom stereocenters. The van der Waals surface area contributed by atoms with E-state index in [1.54, 1.807) is 28.9 Å². The molecule has 4 nitrogen and oxygen atoms in total. The van der Waals surface area contributed by atoms with E-state index in [4.69, 9.17) is 0 Å². The number of rotatable bonds is 4. The minimum atomic E-state index is -0.383. The van der Waals surface area contributed by atoms with Crippen LogP contribution in [0.3, 0.4) is 0 Å². The predicted octanol–water partition coefficient (Wildman–Crippen LogP) is 5.55. The molecule has 4 rings (SSSR count). The van der Waals surface area contributed by atoms with Crippen LogP contribution >= 0.6 is 0 Å². The van der Waals surface area contributed by atoms with Gasteiger partial charge in [0.15, 0.2) is 0 Å². The van der Waals surface area contributed by atoms with Gasteiger partial charge < -0.3 is 5.32 Å². The zero-order valence-electron chi connectivity index (χ0n) is 16.2. The van der Waals surface area contributed by atoms with Crippen LogP contribution in [0.4, 0.5) is 10.1 Å². The zero-order chi connectivity index (χ0) is 20.4. The van der Waals surface area contributed by atoms with Gasteiger partial charge in [0.05, 0.1) is 11.4 Å². The summed E-state index contributed by atoms with van der Waals surface area (Å²) in [6.07, 6.45) is 0. The summed E-state index contributed by atoms with van der Waals surface area (Å²) < 4.78 is 15.9. The molecule has 0 aliphatic heterocycles. The van der Waals surface area contributed by atoms with Gasteiger partial charge in [-0.15, -0.1) is 0 Å². The van der Waals surface area contributed by atoms with Crippen molar-refractivity contribution in [2.45, 2.75) is 13.8 Å². The minimum absolute atomic E-state index is 0.314. The summed E-state index contributed by atoms with van der Waals surface area (Å²) >= 11 is 0. The number of nitrogens with zero attached hydrogens (tertiary/aromatic N) is 2. The number of hydrogen-bond acceptors (Lipinski definition) is 2. The van der Waals surface area contributed by atoms with Crippen molar-refractivity contribution < 1.29 is 9.18 Å². The molecular formula is C24H20FN3O. The van der Waals surface area contributed by atoms with Crippen LogP contribution in [0.2, 0.25) is 0 Å². The number of carbonyl (C=O) groups excluding carboxylic acids is 1. The number of hydrogen-bond donors (Lipinski definition) is 1. The molecule has 0 spiro atoms. The number of anilines is 1. The van der Waals surface area contributed by atoms with E-state index in [0.717, 1.165) is 16.8 Å². The van der Waals surface area contributed by atoms with Crippen LogP contribution in [0, 0.1) is 19.7 Å². The maximum absolute atomic E-state index is 14.3. The summed E-state index contributed by atoms with van der Waals surface area (Å²) in [5.74, 6) is -0.697. The molecule has 0 bridgehead atoms. The van der Waals surface area contributed by atoms with Crippen LogP contribution in [0.1, 0.15) is 21.6 Å². The first-order valence-corrected chi connectivity index (χ1v) is 9.31. The Kier molecular flexibility index (Phi) is 4.96.